The van der Waals surface area contributed by atoms with Crippen LogP contribution in [0, 0.1) is 11.6 Å². The topological polar surface area (TPSA) is 87.1 Å². The summed E-state index contributed by atoms with van der Waals surface area (Å²) in [5.41, 5.74) is 1.29. The second-order valence-corrected chi connectivity index (χ2v) is 7.54. The molecule has 4 aromatic rings. The first-order chi connectivity index (χ1) is 14.9. The Balaban J connectivity index is 1.88. The van der Waals surface area contributed by atoms with Crippen molar-refractivity contribution in [3.8, 4) is 16.9 Å². The van der Waals surface area contributed by atoms with E-state index in [0.717, 1.165) is 16.3 Å². The van der Waals surface area contributed by atoms with E-state index < -0.39 is 28.5 Å². The first-order valence-electron chi connectivity index (χ1n) is 9.33. The van der Waals surface area contributed by atoms with Crippen molar-refractivity contribution in [2.75, 3.05) is 6.54 Å². The Labute approximate surface area is 178 Å². The average Bonchev–Trinajstić information content (AvgIpc) is 2.75. The van der Waals surface area contributed by atoms with E-state index in [0.29, 0.717) is 34.5 Å². The summed E-state index contributed by atoms with van der Waals surface area (Å²) in [5.74, 6) is -1.66. The monoisotopic (exact) mass is 440 g/mol. The molecule has 1 atom stereocenters. The average molecular weight is 440 g/mol. The molecule has 1 unspecified atom stereocenters. The van der Waals surface area contributed by atoms with Crippen molar-refractivity contribution in [2.45, 2.75) is 6.42 Å². The van der Waals surface area contributed by atoms with Crippen LogP contribution in [0.5, 0.6) is 0 Å². The molecule has 0 spiro atoms. The Morgan fingerprint density at radius 3 is 2.52 bits per heavy atom. The number of hydrogen-bond acceptors (Lipinski definition) is 4. The normalized spacial score (nSPS) is 12.2. The van der Waals surface area contributed by atoms with Crippen molar-refractivity contribution < 1.29 is 17.5 Å². The number of aromatic nitrogens is 2. The SMILES string of the molecule is O=c1c2ccccc2c(-c2cccc(CCNS(=O)[O-])c2)nn1-c1ccc(F)cc1F. The van der Waals surface area contributed by atoms with Gasteiger partial charge in [-0.15, -0.1) is 0 Å². The minimum Gasteiger partial charge on any atom is -0.760 e. The second kappa shape index (κ2) is 8.84. The van der Waals surface area contributed by atoms with E-state index in [1.807, 2.05) is 12.1 Å². The highest BCUT2D eigenvalue weighted by atomic mass is 32.2. The molecule has 0 saturated heterocycles. The van der Waals surface area contributed by atoms with Crippen molar-refractivity contribution in [1.29, 1.82) is 0 Å². The van der Waals surface area contributed by atoms with Crippen LogP contribution in [0.15, 0.2) is 71.5 Å². The van der Waals surface area contributed by atoms with Gasteiger partial charge in [-0.2, -0.15) is 9.78 Å². The van der Waals surface area contributed by atoms with E-state index in [1.54, 1.807) is 36.4 Å². The fraction of sp³-hybridized carbons (Fsp3) is 0.0909. The highest BCUT2D eigenvalue weighted by molar-refractivity contribution is 7.77. The lowest BCUT2D eigenvalue weighted by Crippen LogP contribution is -2.23. The van der Waals surface area contributed by atoms with Gasteiger partial charge in [-0.1, -0.05) is 36.4 Å². The van der Waals surface area contributed by atoms with E-state index >= 15 is 0 Å². The Bertz CT molecular complexity index is 1360. The summed E-state index contributed by atoms with van der Waals surface area (Å²) in [4.78, 5) is 13.0. The molecule has 1 N–H and O–H groups in total. The van der Waals surface area contributed by atoms with Crippen LogP contribution in [0.3, 0.4) is 0 Å². The van der Waals surface area contributed by atoms with E-state index in [-0.39, 0.29) is 12.2 Å². The molecule has 0 saturated carbocycles. The van der Waals surface area contributed by atoms with E-state index in [4.69, 9.17) is 0 Å². The van der Waals surface area contributed by atoms with E-state index in [1.165, 1.54) is 6.07 Å². The van der Waals surface area contributed by atoms with Gasteiger partial charge >= 0.3 is 0 Å². The van der Waals surface area contributed by atoms with Crippen LogP contribution >= 0.6 is 0 Å². The molecular formula is C22H16F2N3O3S-. The number of nitrogens with zero attached hydrogens (tertiary/aromatic N) is 2. The summed E-state index contributed by atoms with van der Waals surface area (Å²) in [6, 6.07) is 17.0. The third kappa shape index (κ3) is 4.43. The lowest BCUT2D eigenvalue weighted by Gasteiger charge is -2.13. The Hall–Kier alpha value is -3.27. The number of nitrogens with one attached hydrogen (secondary N) is 1. The third-order valence-corrected chi connectivity index (χ3v) is 5.22. The predicted octanol–water partition coefficient (Wildman–Crippen LogP) is 3.26. The molecule has 0 bridgehead atoms. The molecule has 0 fully saturated rings. The smallest absolute Gasteiger partial charge is 0.279 e. The van der Waals surface area contributed by atoms with Crippen LogP contribution in [-0.2, 0) is 17.7 Å². The zero-order chi connectivity index (χ0) is 22.0. The molecule has 3 aromatic carbocycles. The van der Waals surface area contributed by atoms with Crippen molar-refractivity contribution >= 4 is 22.0 Å². The maximum absolute atomic E-state index is 14.4. The molecular weight excluding hydrogens is 424 g/mol. The molecule has 4 rings (SSSR count). The molecule has 1 aromatic heterocycles. The maximum Gasteiger partial charge on any atom is 0.279 e. The van der Waals surface area contributed by atoms with E-state index in [2.05, 4.69) is 9.82 Å². The summed E-state index contributed by atoms with van der Waals surface area (Å²) in [7, 11) is 0. The molecule has 0 aliphatic carbocycles. The van der Waals surface area contributed by atoms with Gasteiger partial charge in [-0.25, -0.2) is 13.5 Å². The Kier molecular flexibility index (Phi) is 5.99. The zero-order valence-electron chi connectivity index (χ0n) is 16.0. The van der Waals surface area contributed by atoms with Gasteiger partial charge in [0.2, 0.25) is 0 Å². The Morgan fingerprint density at radius 1 is 1.00 bits per heavy atom. The number of benzene rings is 3. The van der Waals surface area contributed by atoms with Crippen LogP contribution in [0.4, 0.5) is 8.78 Å². The molecule has 0 radical (unpaired) electrons. The molecule has 0 amide bonds. The summed E-state index contributed by atoms with van der Waals surface area (Å²) >= 11 is -2.34. The summed E-state index contributed by atoms with van der Waals surface area (Å²) in [6.07, 6.45) is 0.450. The van der Waals surface area contributed by atoms with Crippen molar-refractivity contribution in [3.05, 3.63) is 94.3 Å². The van der Waals surface area contributed by atoms with E-state index in [9.17, 15) is 22.3 Å². The zero-order valence-corrected chi connectivity index (χ0v) is 16.9. The van der Waals surface area contributed by atoms with Crippen molar-refractivity contribution in [1.82, 2.24) is 14.5 Å². The number of halogens is 2. The standard InChI is InChI=1S/C22H17F2N3O3S/c23-16-8-9-20(19(24)13-16)27-22(28)18-7-2-1-6-17(18)21(26-27)15-5-3-4-14(12-15)10-11-25-31(29)30/h1-9,12-13,25H,10-11H2,(H,29,30)/p-1. The molecule has 6 nitrogen and oxygen atoms in total. The fourth-order valence-corrected chi connectivity index (χ4v) is 3.64. The molecule has 9 heteroatoms. The number of rotatable bonds is 6. The lowest BCUT2D eigenvalue weighted by atomic mass is 10.0. The Morgan fingerprint density at radius 2 is 1.77 bits per heavy atom. The summed E-state index contributed by atoms with van der Waals surface area (Å²) in [5, 5.41) is 5.33. The van der Waals surface area contributed by atoms with Gasteiger partial charge < -0.3 is 4.55 Å². The van der Waals surface area contributed by atoms with Crippen LogP contribution in [0.25, 0.3) is 27.7 Å². The van der Waals surface area contributed by atoms with Gasteiger partial charge in [0.25, 0.3) is 5.56 Å². The lowest BCUT2D eigenvalue weighted by molar-refractivity contribution is 0.523. The third-order valence-electron chi connectivity index (χ3n) is 4.78. The molecule has 0 aliphatic rings. The maximum atomic E-state index is 14.4. The second-order valence-electron chi connectivity index (χ2n) is 6.79. The quantitative estimate of drug-likeness (QED) is 0.466. The van der Waals surface area contributed by atoms with Gasteiger partial charge in [0.15, 0.2) is 5.82 Å². The first-order valence-corrected chi connectivity index (χ1v) is 10.4. The van der Waals surface area contributed by atoms with Gasteiger partial charge in [0, 0.05) is 34.8 Å². The van der Waals surface area contributed by atoms with Crippen molar-refractivity contribution in [2.24, 2.45) is 0 Å². The first kappa shape index (κ1) is 21.0. The highest BCUT2D eigenvalue weighted by Gasteiger charge is 2.16. The predicted molar refractivity (Wildman–Crippen MR) is 113 cm³/mol. The number of fused-ring (bicyclic) bond motifs is 1. The fourth-order valence-electron chi connectivity index (χ4n) is 3.37. The van der Waals surface area contributed by atoms with Crippen molar-refractivity contribution in [3.63, 3.8) is 0 Å². The molecule has 158 valence electrons. The van der Waals surface area contributed by atoms with Gasteiger partial charge in [0.1, 0.15) is 11.5 Å². The van der Waals surface area contributed by atoms with Crippen LogP contribution < -0.4 is 10.3 Å². The minimum atomic E-state index is -2.34. The largest absolute Gasteiger partial charge is 0.760 e. The minimum absolute atomic E-state index is 0.156. The van der Waals surface area contributed by atoms with Gasteiger partial charge in [-0.3, -0.25) is 9.00 Å². The van der Waals surface area contributed by atoms with Crippen LogP contribution in [-0.4, -0.2) is 25.1 Å². The highest BCUT2D eigenvalue weighted by Crippen LogP contribution is 2.26. The number of hydrogen-bond donors (Lipinski definition) is 1. The summed E-state index contributed by atoms with van der Waals surface area (Å²) in [6.45, 7) is 0.230. The van der Waals surface area contributed by atoms with Gasteiger partial charge in [0.05, 0.1) is 11.1 Å². The van der Waals surface area contributed by atoms with Crippen LogP contribution in [0.2, 0.25) is 0 Å². The summed E-state index contributed by atoms with van der Waals surface area (Å²) < 4.78 is 52.4. The van der Waals surface area contributed by atoms with Gasteiger partial charge in [-0.05, 0) is 36.2 Å². The molecule has 0 aliphatic heterocycles. The van der Waals surface area contributed by atoms with Crippen LogP contribution in [0.1, 0.15) is 5.56 Å². The molecule has 31 heavy (non-hydrogen) atoms. The molecule has 1 heterocycles.